The minimum absolute atomic E-state index is 0.00593. The minimum Gasteiger partial charge on any atom is -0.388 e. The summed E-state index contributed by atoms with van der Waals surface area (Å²) in [7, 11) is 0. The number of benzene rings is 3. The van der Waals surface area contributed by atoms with Gasteiger partial charge in [-0.3, -0.25) is 0 Å². The fraction of sp³-hybridized carbons (Fsp3) is 0.290. The molecule has 6 atom stereocenters. The van der Waals surface area contributed by atoms with Crippen molar-refractivity contribution in [3.8, 4) is 16.9 Å². The quantitative estimate of drug-likeness (QED) is 0.161. The molecule has 4 heterocycles. The summed E-state index contributed by atoms with van der Waals surface area (Å²) in [5, 5.41) is 23.7. The normalized spacial score (nSPS) is 24.4. The molecule has 3 aromatic carbocycles. The Morgan fingerprint density at radius 2 is 1.71 bits per heavy atom. The van der Waals surface area contributed by atoms with Gasteiger partial charge in [-0.15, -0.1) is 5.10 Å². The average Bonchev–Trinajstić information content (AvgIpc) is 3.70. The van der Waals surface area contributed by atoms with E-state index in [-0.39, 0.29) is 34.5 Å². The maximum atomic E-state index is 14.3. The topological polar surface area (TPSA) is 109 Å². The number of aliphatic hydroxyl groups excluding tert-OH is 1. The summed E-state index contributed by atoms with van der Waals surface area (Å²) in [5.74, 6) is -2.11. The molecule has 48 heavy (non-hydrogen) atoms. The third-order valence-electron chi connectivity index (χ3n) is 8.03. The molecule has 2 aliphatic rings. The van der Waals surface area contributed by atoms with E-state index in [1.165, 1.54) is 17.8 Å². The van der Waals surface area contributed by atoms with Gasteiger partial charge in [0.15, 0.2) is 12.1 Å². The van der Waals surface area contributed by atoms with Crippen molar-refractivity contribution in [2.24, 2.45) is 0 Å². The van der Waals surface area contributed by atoms with Crippen LogP contribution in [0.2, 0.25) is 10.0 Å². The van der Waals surface area contributed by atoms with E-state index in [4.69, 9.17) is 37.4 Å². The van der Waals surface area contributed by atoms with Gasteiger partial charge in [0, 0.05) is 16.1 Å². The van der Waals surface area contributed by atoms with Crippen LogP contribution in [0, 0.1) is 18.6 Å². The molecule has 2 aromatic heterocycles. The van der Waals surface area contributed by atoms with Crippen LogP contribution in [0.4, 0.5) is 22.0 Å². The van der Waals surface area contributed by atoms with Gasteiger partial charge in [0.2, 0.25) is 0 Å². The monoisotopic (exact) mass is 708 g/mol. The SMILES string of the molecule is Cc1nc(C2OC3COC(c4ccccc4)OC3C(n3cc(-c4cc(F)c(Cl)c(F)c4)nn3)C2O)n(-c2cc(Cl)ccc2C(F)(F)F)n1. The Morgan fingerprint density at radius 3 is 2.42 bits per heavy atom. The highest BCUT2D eigenvalue weighted by molar-refractivity contribution is 6.31. The molecule has 0 bridgehead atoms. The highest BCUT2D eigenvalue weighted by Crippen LogP contribution is 2.45. The van der Waals surface area contributed by atoms with E-state index in [1.807, 2.05) is 6.07 Å². The van der Waals surface area contributed by atoms with Gasteiger partial charge < -0.3 is 19.3 Å². The third kappa shape index (κ3) is 5.95. The van der Waals surface area contributed by atoms with E-state index in [2.05, 4.69) is 20.4 Å². The summed E-state index contributed by atoms with van der Waals surface area (Å²) in [6, 6.07) is 12.8. The Kier molecular flexibility index (Phi) is 8.46. The highest BCUT2D eigenvalue weighted by Gasteiger charge is 2.53. The summed E-state index contributed by atoms with van der Waals surface area (Å²) in [6.45, 7) is 1.41. The Balaban J connectivity index is 1.32. The highest BCUT2D eigenvalue weighted by atomic mass is 35.5. The van der Waals surface area contributed by atoms with Crippen LogP contribution in [0.3, 0.4) is 0 Å². The molecule has 7 rings (SSSR count). The van der Waals surface area contributed by atoms with Crippen molar-refractivity contribution in [3.63, 3.8) is 0 Å². The zero-order valence-electron chi connectivity index (χ0n) is 24.5. The molecule has 6 unspecified atom stereocenters. The van der Waals surface area contributed by atoms with Gasteiger partial charge in [0.1, 0.15) is 58.6 Å². The van der Waals surface area contributed by atoms with Gasteiger partial charge in [-0.05, 0) is 37.3 Å². The molecule has 2 aliphatic heterocycles. The average molecular weight is 709 g/mol. The summed E-state index contributed by atoms with van der Waals surface area (Å²) >= 11 is 11.8. The molecule has 10 nitrogen and oxygen atoms in total. The number of nitrogens with zero attached hydrogens (tertiary/aromatic N) is 6. The van der Waals surface area contributed by atoms with Crippen molar-refractivity contribution in [1.82, 2.24) is 29.8 Å². The van der Waals surface area contributed by atoms with Gasteiger partial charge in [0.25, 0.3) is 0 Å². The second-order valence-corrected chi connectivity index (χ2v) is 12.0. The molecular weight excluding hydrogens is 686 g/mol. The first-order valence-corrected chi connectivity index (χ1v) is 15.2. The molecule has 5 aromatic rings. The number of hydrogen-bond donors (Lipinski definition) is 1. The Bertz CT molecular complexity index is 1950. The first-order chi connectivity index (χ1) is 22.9. The van der Waals surface area contributed by atoms with Gasteiger partial charge in [-0.2, -0.15) is 18.3 Å². The van der Waals surface area contributed by atoms with Crippen molar-refractivity contribution in [3.05, 3.63) is 111 Å². The van der Waals surface area contributed by atoms with E-state index >= 15 is 0 Å². The number of aryl methyl sites for hydroxylation is 1. The summed E-state index contributed by atoms with van der Waals surface area (Å²) in [6.07, 6.45) is -9.18. The predicted octanol–water partition coefficient (Wildman–Crippen LogP) is 6.59. The van der Waals surface area contributed by atoms with Crippen LogP contribution in [0.5, 0.6) is 0 Å². The first-order valence-electron chi connectivity index (χ1n) is 14.4. The van der Waals surface area contributed by atoms with Crippen LogP contribution in [0.1, 0.15) is 41.2 Å². The van der Waals surface area contributed by atoms with Crippen LogP contribution >= 0.6 is 23.2 Å². The van der Waals surface area contributed by atoms with E-state index < -0.39 is 70.8 Å². The molecule has 2 saturated heterocycles. The molecule has 1 N–H and O–H groups in total. The lowest BCUT2D eigenvalue weighted by Gasteiger charge is -2.47. The zero-order valence-corrected chi connectivity index (χ0v) is 26.0. The van der Waals surface area contributed by atoms with Gasteiger partial charge in [-0.1, -0.05) is 58.7 Å². The molecule has 0 spiro atoms. The van der Waals surface area contributed by atoms with Gasteiger partial charge in [-0.25, -0.2) is 23.1 Å². The molecule has 0 aliphatic carbocycles. The molecule has 0 radical (unpaired) electrons. The van der Waals surface area contributed by atoms with Crippen LogP contribution in [-0.4, -0.2) is 59.8 Å². The minimum atomic E-state index is -4.79. The number of hydrogen-bond acceptors (Lipinski definition) is 8. The van der Waals surface area contributed by atoms with Crippen molar-refractivity contribution in [2.75, 3.05) is 6.61 Å². The number of halogens is 7. The number of fused-ring (bicyclic) bond motifs is 1. The lowest BCUT2D eigenvalue weighted by atomic mass is 9.91. The zero-order chi connectivity index (χ0) is 33.9. The lowest BCUT2D eigenvalue weighted by molar-refractivity contribution is -0.319. The largest absolute Gasteiger partial charge is 0.418 e. The number of rotatable bonds is 5. The number of aliphatic hydroxyl groups is 1. The standard InChI is InChI=1S/C31H23Cl2F5N6O4/c1-14-39-29(44(41-14)22-11-17(32)7-8-18(22)31(36,37)38)28-26(45)25(27-23(47-28)13-46-30(48-27)15-5-3-2-4-6-15)43-12-21(40-42-43)16-9-19(34)24(33)20(35)10-16/h2-12,23,25-28,30,45H,13H2,1H3. The second kappa shape index (κ2) is 12.5. The Labute approximate surface area is 278 Å². The second-order valence-electron chi connectivity index (χ2n) is 11.2. The molecule has 0 amide bonds. The Hall–Kier alpha value is -3.99. The fourth-order valence-electron chi connectivity index (χ4n) is 5.88. The number of ether oxygens (including phenoxy) is 3. The van der Waals surface area contributed by atoms with Crippen LogP contribution in [0.15, 0.2) is 66.9 Å². The van der Waals surface area contributed by atoms with Crippen molar-refractivity contribution in [1.29, 1.82) is 0 Å². The van der Waals surface area contributed by atoms with Gasteiger partial charge >= 0.3 is 6.18 Å². The van der Waals surface area contributed by atoms with E-state index in [0.29, 0.717) is 5.56 Å². The number of alkyl halides is 3. The number of aromatic nitrogens is 6. The molecule has 2 fully saturated rings. The van der Waals surface area contributed by atoms with Crippen molar-refractivity contribution in [2.45, 2.75) is 49.8 Å². The van der Waals surface area contributed by atoms with E-state index in [1.54, 1.807) is 24.3 Å². The summed E-state index contributed by atoms with van der Waals surface area (Å²) in [5.41, 5.74) is -0.753. The molecule has 17 heteroatoms. The van der Waals surface area contributed by atoms with Crippen LogP contribution in [-0.2, 0) is 20.4 Å². The summed E-state index contributed by atoms with van der Waals surface area (Å²) < 4.78 is 91.8. The smallest absolute Gasteiger partial charge is 0.388 e. The van der Waals surface area contributed by atoms with E-state index in [9.17, 15) is 27.1 Å². The molecule has 250 valence electrons. The molecular formula is C31H23Cl2F5N6O4. The first kappa shape index (κ1) is 32.6. The summed E-state index contributed by atoms with van der Waals surface area (Å²) in [4.78, 5) is 4.36. The predicted molar refractivity (Wildman–Crippen MR) is 159 cm³/mol. The van der Waals surface area contributed by atoms with Crippen molar-refractivity contribution >= 4 is 23.2 Å². The van der Waals surface area contributed by atoms with Crippen LogP contribution < -0.4 is 0 Å². The molecule has 0 saturated carbocycles. The fourth-order valence-corrected chi connectivity index (χ4v) is 6.16. The van der Waals surface area contributed by atoms with Crippen molar-refractivity contribution < 1.29 is 41.3 Å². The lowest BCUT2D eigenvalue weighted by Crippen LogP contribution is -2.57. The van der Waals surface area contributed by atoms with Crippen LogP contribution in [0.25, 0.3) is 16.9 Å². The van der Waals surface area contributed by atoms with Gasteiger partial charge in [0.05, 0.1) is 24.1 Å². The third-order valence-corrected chi connectivity index (χ3v) is 8.63. The maximum absolute atomic E-state index is 14.3. The Morgan fingerprint density at radius 1 is 0.979 bits per heavy atom. The van der Waals surface area contributed by atoms with E-state index in [0.717, 1.165) is 35.0 Å². The maximum Gasteiger partial charge on any atom is 0.418 e.